The molecule has 1 rings (SSSR count). The number of likely N-dealkylation sites (N-methyl/N-ethyl adjacent to an activating group) is 1. The Kier molecular flexibility index (Phi) is 2.74. The quantitative estimate of drug-likeness (QED) is 0.624. The van der Waals surface area contributed by atoms with Crippen molar-refractivity contribution in [3.8, 4) is 0 Å². The van der Waals surface area contributed by atoms with Gasteiger partial charge in [-0.25, -0.2) is 9.97 Å². The molecule has 0 aromatic carbocycles. The molecule has 0 fully saturated rings. The van der Waals surface area contributed by atoms with E-state index in [4.69, 9.17) is 0 Å². The molecular formula is C8H11N3O. The summed E-state index contributed by atoms with van der Waals surface area (Å²) in [7, 11) is 3.45. The van der Waals surface area contributed by atoms with E-state index in [0.29, 0.717) is 6.42 Å². The third kappa shape index (κ3) is 2.30. The van der Waals surface area contributed by atoms with E-state index in [2.05, 4.69) is 9.97 Å². The highest BCUT2D eigenvalue weighted by Gasteiger charge is 2.05. The van der Waals surface area contributed by atoms with Crippen LogP contribution >= 0.6 is 0 Å². The fourth-order valence-corrected chi connectivity index (χ4v) is 0.736. The van der Waals surface area contributed by atoms with Crippen molar-refractivity contribution in [2.24, 2.45) is 0 Å². The summed E-state index contributed by atoms with van der Waals surface area (Å²) in [6.07, 6.45) is 3.42. The lowest BCUT2D eigenvalue weighted by atomic mass is 10.3. The number of rotatable bonds is 2. The van der Waals surface area contributed by atoms with E-state index in [1.165, 1.54) is 6.33 Å². The van der Waals surface area contributed by atoms with Gasteiger partial charge in [0.2, 0.25) is 5.91 Å². The minimum atomic E-state index is 0.0497. The van der Waals surface area contributed by atoms with Crippen molar-refractivity contribution in [2.45, 2.75) is 6.42 Å². The third-order valence-electron chi connectivity index (χ3n) is 1.47. The lowest BCUT2D eigenvalue weighted by Gasteiger charge is -2.08. The van der Waals surface area contributed by atoms with Gasteiger partial charge in [-0.1, -0.05) is 0 Å². The van der Waals surface area contributed by atoms with Gasteiger partial charge in [0.1, 0.15) is 6.33 Å². The summed E-state index contributed by atoms with van der Waals surface area (Å²) in [5, 5.41) is 0. The topological polar surface area (TPSA) is 46.1 Å². The molecule has 0 spiro atoms. The number of amides is 1. The third-order valence-corrected chi connectivity index (χ3v) is 1.47. The molecule has 0 aliphatic rings. The molecule has 0 aliphatic carbocycles. The first-order chi connectivity index (χ1) is 5.70. The Balaban J connectivity index is 2.59. The summed E-state index contributed by atoms with van der Waals surface area (Å²) in [4.78, 5) is 20.4. The van der Waals surface area contributed by atoms with Gasteiger partial charge >= 0.3 is 0 Å². The van der Waals surface area contributed by atoms with Crippen LogP contribution in [0.1, 0.15) is 5.69 Å². The zero-order chi connectivity index (χ0) is 8.97. The Morgan fingerprint density at radius 2 is 2.33 bits per heavy atom. The average molecular weight is 165 g/mol. The molecule has 0 saturated carbocycles. The maximum Gasteiger partial charge on any atom is 0.228 e. The Hall–Kier alpha value is -1.45. The molecule has 0 unspecified atom stereocenters. The van der Waals surface area contributed by atoms with Crippen LogP contribution in [-0.2, 0) is 11.2 Å². The van der Waals surface area contributed by atoms with E-state index < -0.39 is 0 Å². The van der Waals surface area contributed by atoms with Crippen molar-refractivity contribution in [3.05, 3.63) is 24.3 Å². The van der Waals surface area contributed by atoms with Gasteiger partial charge in [0.25, 0.3) is 0 Å². The molecule has 0 radical (unpaired) electrons. The summed E-state index contributed by atoms with van der Waals surface area (Å²) in [6, 6.07) is 1.74. The molecule has 1 heterocycles. The van der Waals surface area contributed by atoms with Gasteiger partial charge in [0.15, 0.2) is 0 Å². The van der Waals surface area contributed by atoms with Crippen molar-refractivity contribution < 1.29 is 4.79 Å². The summed E-state index contributed by atoms with van der Waals surface area (Å²) in [6.45, 7) is 0. The molecule has 12 heavy (non-hydrogen) atoms. The summed E-state index contributed by atoms with van der Waals surface area (Å²) in [5.41, 5.74) is 0.753. The van der Waals surface area contributed by atoms with Gasteiger partial charge in [-0.15, -0.1) is 0 Å². The van der Waals surface area contributed by atoms with Crippen LogP contribution in [0, 0.1) is 0 Å². The number of aromatic nitrogens is 2. The Bertz CT molecular complexity index is 258. The number of hydrogen-bond donors (Lipinski definition) is 0. The largest absolute Gasteiger partial charge is 0.348 e. The Morgan fingerprint density at radius 3 is 2.83 bits per heavy atom. The first kappa shape index (κ1) is 8.64. The smallest absolute Gasteiger partial charge is 0.228 e. The zero-order valence-corrected chi connectivity index (χ0v) is 7.19. The SMILES string of the molecule is CN(C)C(=O)Cc1ccncn1. The van der Waals surface area contributed by atoms with Crippen LogP contribution in [0.4, 0.5) is 0 Å². The second-order valence-electron chi connectivity index (χ2n) is 2.67. The van der Waals surface area contributed by atoms with Crippen LogP contribution in [0.15, 0.2) is 18.6 Å². The molecule has 1 aromatic rings. The maximum atomic E-state index is 11.2. The van der Waals surface area contributed by atoms with Crippen LogP contribution < -0.4 is 0 Å². The van der Waals surface area contributed by atoms with E-state index in [1.807, 2.05) is 0 Å². The van der Waals surface area contributed by atoms with E-state index in [9.17, 15) is 4.79 Å². The number of nitrogens with zero attached hydrogens (tertiary/aromatic N) is 3. The summed E-state index contributed by atoms with van der Waals surface area (Å²) >= 11 is 0. The molecule has 0 N–H and O–H groups in total. The number of carbonyl (C=O) groups is 1. The van der Waals surface area contributed by atoms with Crippen LogP contribution in [-0.4, -0.2) is 34.9 Å². The van der Waals surface area contributed by atoms with Gasteiger partial charge in [0, 0.05) is 20.3 Å². The molecule has 4 nitrogen and oxygen atoms in total. The van der Waals surface area contributed by atoms with Crippen LogP contribution in [0.5, 0.6) is 0 Å². The van der Waals surface area contributed by atoms with Crippen molar-refractivity contribution in [1.82, 2.24) is 14.9 Å². The zero-order valence-electron chi connectivity index (χ0n) is 7.19. The highest BCUT2D eigenvalue weighted by Crippen LogP contribution is 1.94. The minimum Gasteiger partial charge on any atom is -0.348 e. The van der Waals surface area contributed by atoms with Gasteiger partial charge in [0.05, 0.1) is 12.1 Å². The fourth-order valence-electron chi connectivity index (χ4n) is 0.736. The monoisotopic (exact) mass is 165 g/mol. The molecule has 0 bridgehead atoms. The summed E-state index contributed by atoms with van der Waals surface area (Å²) in [5.74, 6) is 0.0497. The second-order valence-corrected chi connectivity index (χ2v) is 2.67. The normalized spacial score (nSPS) is 9.50. The van der Waals surface area contributed by atoms with E-state index in [-0.39, 0.29) is 5.91 Å². The Morgan fingerprint density at radius 1 is 1.58 bits per heavy atom. The van der Waals surface area contributed by atoms with Gasteiger partial charge in [-0.3, -0.25) is 4.79 Å². The first-order valence-electron chi connectivity index (χ1n) is 3.65. The van der Waals surface area contributed by atoms with E-state index >= 15 is 0 Å². The number of carbonyl (C=O) groups excluding carboxylic acids is 1. The summed E-state index contributed by atoms with van der Waals surface area (Å²) < 4.78 is 0. The molecule has 64 valence electrons. The average Bonchev–Trinajstić information content (AvgIpc) is 2.06. The highest BCUT2D eigenvalue weighted by atomic mass is 16.2. The predicted octanol–water partition coefficient (Wildman–Crippen LogP) is 0.107. The molecule has 4 heteroatoms. The van der Waals surface area contributed by atoms with Crippen molar-refractivity contribution in [3.63, 3.8) is 0 Å². The van der Waals surface area contributed by atoms with Crippen LogP contribution in [0.25, 0.3) is 0 Å². The fraction of sp³-hybridized carbons (Fsp3) is 0.375. The van der Waals surface area contributed by atoms with Gasteiger partial charge < -0.3 is 4.90 Å². The molecule has 0 aliphatic heterocycles. The van der Waals surface area contributed by atoms with Gasteiger partial charge in [-0.05, 0) is 6.07 Å². The lowest BCUT2D eigenvalue weighted by Crippen LogP contribution is -2.23. The highest BCUT2D eigenvalue weighted by molar-refractivity contribution is 5.77. The molecule has 1 amide bonds. The second kappa shape index (κ2) is 3.80. The van der Waals surface area contributed by atoms with Gasteiger partial charge in [-0.2, -0.15) is 0 Å². The lowest BCUT2D eigenvalue weighted by molar-refractivity contribution is -0.128. The molecule has 0 saturated heterocycles. The predicted molar refractivity (Wildman–Crippen MR) is 44.4 cm³/mol. The maximum absolute atomic E-state index is 11.2. The molecular weight excluding hydrogens is 154 g/mol. The standard InChI is InChI=1S/C8H11N3O/c1-11(2)8(12)5-7-3-4-9-6-10-7/h3-4,6H,5H2,1-2H3. The first-order valence-corrected chi connectivity index (χ1v) is 3.65. The molecule has 1 aromatic heterocycles. The van der Waals surface area contributed by atoms with E-state index in [0.717, 1.165) is 5.69 Å². The molecule has 0 atom stereocenters. The minimum absolute atomic E-state index is 0.0497. The Labute approximate surface area is 71.3 Å². The van der Waals surface area contributed by atoms with Crippen molar-refractivity contribution >= 4 is 5.91 Å². The van der Waals surface area contributed by atoms with Crippen molar-refractivity contribution in [1.29, 1.82) is 0 Å². The van der Waals surface area contributed by atoms with Crippen molar-refractivity contribution in [2.75, 3.05) is 14.1 Å². The van der Waals surface area contributed by atoms with Crippen LogP contribution in [0.3, 0.4) is 0 Å². The van der Waals surface area contributed by atoms with Crippen LogP contribution in [0.2, 0.25) is 0 Å². The van der Waals surface area contributed by atoms with E-state index in [1.54, 1.807) is 31.3 Å². The number of hydrogen-bond acceptors (Lipinski definition) is 3.